The highest BCUT2D eigenvalue weighted by atomic mass is 32.2. The molecule has 0 saturated carbocycles. The lowest BCUT2D eigenvalue weighted by atomic mass is 10.1. The Morgan fingerprint density at radius 3 is 2.74 bits per heavy atom. The third-order valence-corrected chi connectivity index (χ3v) is 5.41. The van der Waals surface area contributed by atoms with Crippen molar-refractivity contribution in [1.29, 1.82) is 0 Å². The summed E-state index contributed by atoms with van der Waals surface area (Å²) >= 11 is 0. The maximum atomic E-state index is 11.5. The fourth-order valence-electron chi connectivity index (χ4n) is 2.30. The maximum absolute atomic E-state index is 11.5. The number of aliphatic hydroxyl groups excluding tert-OH is 1. The Bertz CT molecular complexity index is 527. The van der Waals surface area contributed by atoms with Gasteiger partial charge in [0.25, 0.3) is 0 Å². The van der Waals surface area contributed by atoms with E-state index in [2.05, 4.69) is 4.98 Å². The summed E-state index contributed by atoms with van der Waals surface area (Å²) in [7, 11) is -0.989. The Hall–Kier alpha value is -1.14. The molecule has 2 atom stereocenters. The summed E-state index contributed by atoms with van der Waals surface area (Å²) in [5.41, 5.74) is 1.54. The molecule has 0 radical (unpaired) electrons. The lowest BCUT2D eigenvalue weighted by molar-refractivity contribution is 0.169. The minimum absolute atomic E-state index is 0.0220. The SMILES string of the molecule is CC[C@H](O)c1ccc(N(C)C2CCS(=O)(=O)C2)cn1. The second-order valence-electron chi connectivity index (χ2n) is 5.03. The predicted octanol–water partition coefficient (Wildman–Crippen LogP) is 1.15. The maximum Gasteiger partial charge on any atom is 0.152 e. The van der Waals surface area contributed by atoms with Gasteiger partial charge in [-0.05, 0) is 25.0 Å². The topological polar surface area (TPSA) is 70.5 Å². The first-order valence-corrected chi connectivity index (χ1v) is 8.32. The van der Waals surface area contributed by atoms with Crippen LogP contribution in [0.1, 0.15) is 31.6 Å². The molecule has 1 aromatic heterocycles. The van der Waals surface area contributed by atoms with E-state index in [1.54, 1.807) is 12.3 Å². The molecule has 2 heterocycles. The molecule has 1 unspecified atom stereocenters. The molecule has 1 fully saturated rings. The summed E-state index contributed by atoms with van der Waals surface area (Å²) < 4.78 is 23.0. The zero-order chi connectivity index (χ0) is 14.0. The number of hydrogen-bond donors (Lipinski definition) is 1. The van der Waals surface area contributed by atoms with Crippen LogP contribution in [0.5, 0.6) is 0 Å². The van der Waals surface area contributed by atoms with Crippen LogP contribution >= 0.6 is 0 Å². The van der Waals surface area contributed by atoms with Crippen LogP contribution in [-0.2, 0) is 9.84 Å². The van der Waals surface area contributed by atoms with Crippen molar-refractivity contribution in [3.63, 3.8) is 0 Å². The molecule has 19 heavy (non-hydrogen) atoms. The highest BCUT2D eigenvalue weighted by molar-refractivity contribution is 7.91. The van der Waals surface area contributed by atoms with Crippen LogP contribution in [0, 0.1) is 0 Å². The van der Waals surface area contributed by atoms with E-state index in [1.807, 2.05) is 24.9 Å². The van der Waals surface area contributed by atoms with Crippen molar-refractivity contribution in [2.24, 2.45) is 0 Å². The first kappa shape index (κ1) is 14.3. The van der Waals surface area contributed by atoms with Crippen molar-refractivity contribution in [2.75, 3.05) is 23.5 Å². The molecule has 0 aliphatic carbocycles. The van der Waals surface area contributed by atoms with Gasteiger partial charge in [-0.25, -0.2) is 8.42 Å². The molecule has 1 saturated heterocycles. The molecule has 1 aliphatic heterocycles. The largest absolute Gasteiger partial charge is 0.387 e. The average Bonchev–Trinajstić information content (AvgIpc) is 2.77. The first-order valence-electron chi connectivity index (χ1n) is 6.50. The minimum atomic E-state index is -2.88. The van der Waals surface area contributed by atoms with Gasteiger partial charge in [-0.15, -0.1) is 0 Å². The number of sulfone groups is 1. The molecule has 0 bridgehead atoms. The van der Waals surface area contributed by atoms with Crippen molar-refractivity contribution in [1.82, 2.24) is 4.98 Å². The lowest BCUT2D eigenvalue weighted by Gasteiger charge is -2.25. The van der Waals surface area contributed by atoms with Gasteiger partial charge >= 0.3 is 0 Å². The molecular formula is C13H20N2O3S. The summed E-state index contributed by atoms with van der Waals surface area (Å²) in [6, 6.07) is 3.70. The molecule has 1 aliphatic rings. The van der Waals surface area contributed by atoms with Gasteiger partial charge in [-0.2, -0.15) is 0 Å². The van der Waals surface area contributed by atoms with Gasteiger partial charge in [0.2, 0.25) is 0 Å². The van der Waals surface area contributed by atoms with E-state index >= 15 is 0 Å². The van der Waals surface area contributed by atoms with Crippen LogP contribution < -0.4 is 4.90 Å². The van der Waals surface area contributed by atoms with Gasteiger partial charge in [-0.3, -0.25) is 4.98 Å². The Kier molecular flexibility index (Phi) is 4.10. The predicted molar refractivity (Wildman–Crippen MR) is 74.9 cm³/mol. The van der Waals surface area contributed by atoms with Crippen molar-refractivity contribution in [3.8, 4) is 0 Å². The second-order valence-corrected chi connectivity index (χ2v) is 7.26. The summed E-state index contributed by atoms with van der Waals surface area (Å²) in [6.45, 7) is 1.90. The van der Waals surface area contributed by atoms with E-state index in [-0.39, 0.29) is 17.5 Å². The molecule has 5 nitrogen and oxygen atoms in total. The zero-order valence-corrected chi connectivity index (χ0v) is 12.1. The normalized spacial score (nSPS) is 23.2. The van der Waals surface area contributed by atoms with E-state index in [0.717, 1.165) is 5.69 Å². The number of aromatic nitrogens is 1. The first-order chi connectivity index (χ1) is 8.93. The Morgan fingerprint density at radius 1 is 1.53 bits per heavy atom. The van der Waals surface area contributed by atoms with Gasteiger partial charge in [-0.1, -0.05) is 6.92 Å². The molecule has 6 heteroatoms. The molecule has 0 amide bonds. The highest BCUT2D eigenvalue weighted by Gasteiger charge is 2.30. The fourth-order valence-corrected chi connectivity index (χ4v) is 4.08. The summed E-state index contributed by atoms with van der Waals surface area (Å²) in [6.07, 6.45) is 2.45. The number of aliphatic hydroxyl groups is 1. The van der Waals surface area contributed by atoms with Crippen LogP contribution in [0.2, 0.25) is 0 Å². The van der Waals surface area contributed by atoms with Crippen LogP contribution in [-0.4, -0.2) is 43.1 Å². The van der Waals surface area contributed by atoms with E-state index in [4.69, 9.17) is 0 Å². The molecule has 1 N–H and O–H groups in total. The smallest absolute Gasteiger partial charge is 0.152 e. The second kappa shape index (κ2) is 5.46. The van der Waals surface area contributed by atoms with Crippen LogP contribution in [0.15, 0.2) is 18.3 Å². The summed E-state index contributed by atoms with van der Waals surface area (Å²) in [4.78, 5) is 6.20. The average molecular weight is 284 g/mol. The van der Waals surface area contributed by atoms with Crippen molar-refractivity contribution >= 4 is 15.5 Å². The summed E-state index contributed by atoms with van der Waals surface area (Å²) in [5.74, 6) is 0.477. The Morgan fingerprint density at radius 2 is 2.26 bits per heavy atom. The van der Waals surface area contributed by atoms with Gasteiger partial charge in [0.1, 0.15) is 0 Å². The molecular weight excluding hydrogens is 264 g/mol. The number of hydrogen-bond acceptors (Lipinski definition) is 5. The molecule has 0 aromatic carbocycles. The standard InChI is InChI=1S/C13H20N2O3S/c1-3-13(16)12-5-4-10(8-14-12)15(2)11-6-7-19(17,18)9-11/h4-5,8,11,13,16H,3,6-7,9H2,1-2H3/t11?,13-/m0/s1. The molecule has 0 spiro atoms. The zero-order valence-electron chi connectivity index (χ0n) is 11.3. The quantitative estimate of drug-likeness (QED) is 0.898. The minimum Gasteiger partial charge on any atom is -0.387 e. The van der Waals surface area contributed by atoms with E-state index in [9.17, 15) is 13.5 Å². The van der Waals surface area contributed by atoms with Crippen molar-refractivity contribution in [2.45, 2.75) is 31.9 Å². The molecule has 1 aromatic rings. The lowest BCUT2D eigenvalue weighted by Crippen LogP contribution is -2.32. The van der Waals surface area contributed by atoms with Gasteiger partial charge in [0.15, 0.2) is 9.84 Å². The van der Waals surface area contributed by atoms with Gasteiger partial charge < -0.3 is 10.0 Å². The Labute approximate surface area is 114 Å². The number of pyridine rings is 1. The number of anilines is 1. The van der Waals surface area contributed by atoms with Crippen LogP contribution in [0.25, 0.3) is 0 Å². The monoisotopic (exact) mass is 284 g/mol. The fraction of sp³-hybridized carbons (Fsp3) is 0.615. The Balaban J connectivity index is 2.10. The highest BCUT2D eigenvalue weighted by Crippen LogP contribution is 2.23. The number of nitrogens with zero attached hydrogens (tertiary/aromatic N) is 2. The summed E-state index contributed by atoms with van der Waals surface area (Å²) in [5, 5.41) is 9.68. The van der Waals surface area contributed by atoms with Crippen molar-refractivity contribution < 1.29 is 13.5 Å². The van der Waals surface area contributed by atoms with Crippen LogP contribution in [0.4, 0.5) is 5.69 Å². The molecule has 106 valence electrons. The van der Waals surface area contributed by atoms with E-state index in [1.165, 1.54) is 0 Å². The van der Waals surface area contributed by atoms with E-state index < -0.39 is 15.9 Å². The third-order valence-electron chi connectivity index (χ3n) is 3.66. The van der Waals surface area contributed by atoms with Crippen LogP contribution in [0.3, 0.4) is 0 Å². The third kappa shape index (κ3) is 3.25. The number of rotatable bonds is 4. The van der Waals surface area contributed by atoms with Gasteiger partial charge in [0.05, 0.1) is 35.2 Å². The van der Waals surface area contributed by atoms with E-state index in [0.29, 0.717) is 18.5 Å². The van der Waals surface area contributed by atoms with Crippen molar-refractivity contribution in [3.05, 3.63) is 24.0 Å². The molecule has 2 rings (SSSR count). The van der Waals surface area contributed by atoms with Gasteiger partial charge in [0, 0.05) is 13.1 Å².